The van der Waals surface area contributed by atoms with E-state index in [1.807, 2.05) is 0 Å². The standard InChI is InChI=1S/C21H21F3O6/c1-20(2,3)30-17(25)12-7-13-5-4-6-16(18(13)19(26)27)28-14-8-10-15(11-9-14)29-21(22,23)24/h4-6,8-11H,7,12H2,1-3H3,(H,26,27). The van der Waals surface area contributed by atoms with Crippen LogP contribution in [0.4, 0.5) is 13.2 Å². The lowest BCUT2D eigenvalue weighted by molar-refractivity contribution is -0.274. The van der Waals surface area contributed by atoms with E-state index in [1.165, 1.54) is 18.2 Å². The molecular formula is C21H21F3O6. The number of halogens is 3. The summed E-state index contributed by atoms with van der Waals surface area (Å²) in [6.45, 7) is 5.19. The molecule has 0 aliphatic rings. The number of esters is 1. The molecule has 0 aliphatic carbocycles. The molecule has 0 aliphatic heterocycles. The maximum Gasteiger partial charge on any atom is 0.573 e. The van der Waals surface area contributed by atoms with E-state index in [1.54, 1.807) is 32.9 Å². The van der Waals surface area contributed by atoms with Crippen LogP contribution in [0.25, 0.3) is 0 Å². The molecule has 0 saturated carbocycles. The van der Waals surface area contributed by atoms with Crippen molar-refractivity contribution in [1.82, 2.24) is 0 Å². The van der Waals surface area contributed by atoms with Gasteiger partial charge in [-0.3, -0.25) is 4.79 Å². The predicted molar refractivity (Wildman–Crippen MR) is 101 cm³/mol. The number of ether oxygens (including phenoxy) is 3. The summed E-state index contributed by atoms with van der Waals surface area (Å²) in [6, 6.07) is 9.08. The molecule has 9 heteroatoms. The van der Waals surface area contributed by atoms with Gasteiger partial charge in [0.25, 0.3) is 0 Å². The molecule has 0 aromatic heterocycles. The van der Waals surface area contributed by atoms with Gasteiger partial charge in [0.05, 0.1) is 0 Å². The number of hydrogen-bond donors (Lipinski definition) is 1. The van der Waals surface area contributed by atoms with Crippen LogP contribution in [0.15, 0.2) is 42.5 Å². The molecule has 0 fully saturated rings. The van der Waals surface area contributed by atoms with Crippen molar-refractivity contribution in [3.63, 3.8) is 0 Å². The van der Waals surface area contributed by atoms with Crippen LogP contribution in [-0.2, 0) is 16.0 Å². The van der Waals surface area contributed by atoms with Crippen molar-refractivity contribution < 1.29 is 42.1 Å². The van der Waals surface area contributed by atoms with E-state index in [4.69, 9.17) is 9.47 Å². The Labute approximate surface area is 171 Å². The minimum absolute atomic E-state index is 0.00585. The van der Waals surface area contributed by atoms with Gasteiger partial charge in [0, 0.05) is 6.42 Å². The molecule has 0 radical (unpaired) electrons. The predicted octanol–water partition coefficient (Wildman–Crippen LogP) is 5.35. The van der Waals surface area contributed by atoms with E-state index in [0.717, 1.165) is 12.1 Å². The SMILES string of the molecule is CC(C)(C)OC(=O)CCc1cccc(Oc2ccc(OC(F)(F)F)cc2)c1C(=O)O. The summed E-state index contributed by atoms with van der Waals surface area (Å²) in [5.74, 6) is -2.04. The van der Waals surface area contributed by atoms with Gasteiger partial charge in [-0.1, -0.05) is 12.1 Å². The Hall–Kier alpha value is -3.23. The molecule has 0 amide bonds. The van der Waals surface area contributed by atoms with Gasteiger partial charge in [-0.2, -0.15) is 0 Å². The lowest BCUT2D eigenvalue weighted by Crippen LogP contribution is -2.24. The highest BCUT2D eigenvalue weighted by Crippen LogP contribution is 2.31. The number of carboxylic acids is 1. The summed E-state index contributed by atoms with van der Waals surface area (Å²) < 4.78 is 51.3. The fraction of sp³-hybridized carbons (Fsp3) is 0.333. The Morgan fingerprint density at radius 1 is 0.967 bits per heavy atom. The van der Waals surface area contributed by atoms with E-state index in [2.05, 4.69) is 4.74 Å². The zero-order valence-corrected chi connectivity index (χ0v) is 16.6. The second kappa shape index (κ2) is 9.06. The number of rotatable bonds is 7. The van der Waals surface area contributed by atoms with Gasteiger partial charge in [0.1, 0.15) is 28.4 Å². The molecule has 0 spiro atoms. The van der Waals surface area contributed by atoms with Gasteiger partial charge in [0.15, 0.2) is 0 Å². The third-order valence-corrected chi connectivity index (χ3v) is 3.63. The maximum absolute atomic E-state index is 12.2. The number of carbonyl (C=O) groups is 2. The molecule has 0 bridgehead atoms. The topological polar surface area (TPSA) is 82.1 Å². The fourth-order valence-corrected chi connectivity index (χ4v) is 2.58. The summed E-state index contributed by atoms with van der Waals surface area (Å²) in [6.07, 6.45) is -4.72. The van der Waals surface area contributed by atoms with Crippen LogP contribution in [0.5, 0.6) is 17.2 Å². The molecule has 162 valence electrons. The maximum atomic E-state index is 12.2. The average Bonchev–Trinajstić information content (AvgIpc) is 2.59. The molecule has 2 rings (SSSR count). The molecule has 0 atom stereocenters. The van der Waals surface area contributed by atoms with E-state index in [9.17, 15) is 27.9 Å². The van der Waals surface area contributed by atoms with Crippen LogP contribution < -0.4 is 9.47 Å². The van der Waals surface area contributed by atoms with Gasteiger partial charge in [0.2, 0.25) is 0 Å². The Kier molecular flexibility index (Phi) is 6.96. The molecule has 6 nitrogen and oxygen atoms in total. The number of hydrogen-bond acceptors (Lipinski definition) is 5. The summed E-state index contributed by atoms with van der Waals surface area (Å²) in [7, 11) is 0. The Morgan fingerprint density at radius 3 is 2.10 bits per heavy atom. The van der Waals surface area contributed by atoms with Crippen LogP contribution in [-0.4, -0.2) is 29.0 Å². The number of carboxylic acid groups (broad SMARTS) is 1. The van der Waals surface area contributed by atoms with Crippen LogP contribution in [0.3, 0.4) is 0 Å². The first-order valence-electron chi connectivity index (χ1n) is 8.95. The molecule has 1 N–H and O–H groups in total. The molecule has 2 aromatic rings. The number of carbonyl (C=O) groups excluding carboxylic acids is 1. The van der Waals surface area contributed by atoms with E-state index in [-0.39, 0.29) is 29.9 Å². The second-order valence-corrected chi connectivity index (χ2v) is 7.30. The monoisotopic (exact) mass is 426 g/mol. The van der Waals surface area contributed by atoms with Crippen molar-refractivity contribution in [1.29, 1.82) is 0 Å². The quantitative estimate of drug-likeness (QED) is 0.601. The Morgan fingerprint density at radius 2 is 1.57 bits per heavy atom. The number of benzene rings is 2. The minimum Gasteiger partial charge on any atom is -0.478 e. The zero-order chi connectivity index (χ0) is 22.5. The first-order chi connectivity index (χ1) is 13.8. The highest BCUT2D eigenvalue weighted by Gasteiger charge is 2.31. The van der Waals surface area contributed by atoms with Gasteiger partial charge in [-0.25, -0.2) is 4.79 Å². The van der Waals surface area contributed by atoms with Crippen molar-refractivity contribution >= 4 is 11.9 Å². The summed E-state index contributed by atoms with van der Waals surface area (Å²) >= 11 is 0. The molecule has 30 heavy (non-hydrogen) atoms. The van der Waals surface area contributed by atoms with Crippen molar-refractivity contribution in [2.45, 2.75) is 45.6 Å². The largest absolute Gasteiger partial charge is 0.573 e. The van der Waals surface area contributed by atoms with Crippen molar-refractivity contribution in [2.24, 2.45) is 0 Å². The zero-order valence-electron chi connectivity index (χ0n) is 16.6. The number of aryl methyl sites for hydroxylation is 1. The molecular weight excluding hydrogens is 405 g/mol. The second-order valence-electron chi connectivity index (χ2n) is 7.30. The first-order valence-corrected chi connectivity index (χ1v) is 8.95. The molecule has 2 aromatic carbocycles. The highest BCUT2D eigenvalue weighted by molar-refractivity contribution is 5.93. The molecule has 0 saturated heterocycles. The average molecular weight is 426 g/mol. The smallest absolute Gasteiger partial charge is 0.478 e. The van der Waals surface area contributed by atoms with Gasteiger partial charge in [-0.15, -0.1) is 13.2 Å². The third kappa shape index (κ3) is 7.31. The minimum atomic E-state index is -4.82. The van der Waals surface area contributed by atoms with Crippen LogP contribution in [0, 0.1) is 0 Å². The van der Waals surface area contributed by atoms with Crippen LogP contribution in [0.2, 0.25) is 0 Å². The van der Waals surface area contributed by atoms with Gasteiger partial charge >= 0.3 is 18.3 Å². The van der Waals surface area contributed by atoms with Crippen LogP contribution >= 0.6 is 0 Å². The summed E-state index contributed by atoms with van der Waals surface area (Å²) in [4.78, 5) is 23.7. The Bertz CT molecular complexity index is 898. The van der Waals surface area contributed by atoms with E-state index in [0.29, 0.717) is 5.56 Å². The lowest BCUT2D eigenvalue weighted by atomic mass is 10.0. The van der Waals surface area contributed by atoms with E-state index >= 15 is 0 Å². The highest BCUT2D eigenvalue weighted by atomic mass is 19.4. The van der Waals surface area contributed by atoms with Gasteiger partial charge in [-0.05, 0) is 63.1 Å². The lowest BCUT2D eigenvalue weighted by Gasteiger charge is -2.19. The van der Waals surface area contributed by atoms with E-state index < -0.39 is 29.7 Å². The summed E-state index contributed by atoms with van der Waals surface area (Å²) in [5.41, 5.74) is -0.431. The number of aromatic carboxylic acids is 1. The normalized spacial score (nSPS) is 11.7. The number of alkyl halides is 3. The van der Waals surface area contributed by atoms with Crippen molar-refractivity contribution in [3.05, 3.63) is 53.6 Å². The first kappa shape index (κ1) is 23.1. The van der Waals surface area contributed by atoms with Crippen molar-refractivity contribution in [2.75, 3.05) is 0 Å². The summed E-state index contributed by atoms with van der Waals surface area (Å²) in [5, 5.41) is 9.61. The Balaban J connectivity index is 2.18. The molecule has 0 unspecified atom stereocenters. The van der Waals surface area contributed by atoms with Gasteiger partial charge < -0.3 is 19.3 Å². The fourth-order valence-electron chi connectivity index (χ4n) is 2.58. The third-order valence-electron chi connectivity index (χ3n) is 3.63. The molecule has 0 heterocycles. The van der Waals surface area contributed by atoms with Crippen molar-refractivity contribution in [3.8, 4) is 17.2 Å². The van der Waals surface area contributed by atoms with Crippen LogP contribution in [0.1, 0.15) is 43.1 Å².